The Kier molecular flexibility index (Phi) is 4.04. The van der Waals surface area contributed by atoms with E-state index in [0.717, 1.165) is 13.0 Å². The van der Waals surface area contributed by atoms with Crippen LogP contribution in [0.2, 0.25) is 0 Å². The van der Waals surface area contributed by atoms with Crippen LogP contribution in [0.25, 0.3) is 0 Å². The molecule has 4 rings (SSSR count). The van der Waals surface area contributed by atoms with Gasteiger partial charge in [-0.2, -0.15) is 0 Å². The van der Waals surface area contributed by atoms with Gasteiger partial charge in [-0.25, -0.2) is 0 Å². The van der Waals surface area contributed by atoms with Crippen molar-refractivity contribution in [2.24, 2.45) is 11.8 Å². The summed E-state index contributed by atoms with van der Waals surface area (Å²) in [6.07, 6.45) is 12.9. The van der Waals surface area contributed by atoms with Crippen LogP contribution in [0.3, 0.4) is 0 Å². The number of nitrogens with one attached hydrogen (secondary N) is 1. The minimum Gasteiger partial charge on any atom is -0.381 e. The van der Waals surface area contributed by atoms with E-state index in [1.807, 2.05) is 0 Å². The number of benzene rings is 1. The normalized spacial score (nSPS) is 32.0. The van der Waals surface area contributed by atoms with Crippen LogP contribution >= 0.6 is 0 Å². The van der Waals surface area contributed by atoms with E-state index in [-0.39, 0.29) is 11.5 Å². The van der Waals surface area contributed by atoms with Gasteiger partial charge in [-0.1, -0.05) is 57.2 Å². The SMILES string of the molecule is CC(C)(C)c1ccc2c(c1)[C@@H]1OCCC[C@@H]1[C@H](C1C=CC=CC1)N2. The highest BCUT2D eigenvalue weighted by Crippen LogP contribution is 2.47. The molecule has 0 bridgehead atoms. The van der Waals surface area contributed by atoms with E-state index in [1.54, 1.807) is 0 Å². The first-order valence-corrected chi connectivity index (χ1v) is 9.40. The molecule has 2 aliphatic heterocycles. The molecule has 3 aliphatic rings. The lowest BCUT2D eigenvalue weighted by Crippen LogP contribution is -2.45. The summed E-state index contributed by atoms with van der Waals surface area (Å²) in [6, 6.07) is 7.42. The van der Waals surface area contributed by atoms with Crippen LogP contribution in [-0.4, -0.2) is 12.6 Å². The fourth-order valence-corrected chi connectivity index (χ4v) is 4.47. The third-order valence-corrected chi connectivity index (χ3v) is 5.85. The molecule has 2 heteroatoms. The molecule has 24 heavy (non-hydrogen) atoms. The van der Waals surface area contributed by atoms with Gasteiger partial charge in [-0.3, -0.25) is 0 Å². The molecule has 1 unspecified atom stereocenters. The molecule has 0 spiro atoms. The quantitative estimate of drug-likeness (QED) is 0.749. The van der Waals surface area contributed by atoms with E-state index in [9.17, 15) is 0 Å². The molecule has 1 aromatic carbocycles. The summed E-state index contributed by atoms with van der Waals surface area (Å²) in [5.41, 5.74) is 4.22. The Morgan fingerprint density at radius 3 is 2.79 bits per heavy atom. The second kappa shape index (κ2) is 6.07. The van der Waals surface area contributed by atoms with E-state index in [0.29, 0.717) is 17.9 Å². The summed E-state index contributed by atoms with van der Waals surface area (Å²) in [5, 5.41) is 3.88. The molecule has 1 saturated heterocycles. The van der Waals surface area contributed by atoms with Crippen LogP contribution in [0.4, 0.5) is 5.69 Å². The third-order valence-electron chi connectivity index (χ3n) is 5.85. The number of hydrogen-bond acceptors (Lipinski definition) is 2. The van der Waals surface area contributed by atoms with Crippen molar-refractivity contribution in [3.05, 3.63) is 53.6 Å². The zero-order valence-corrected chi connectivity index (χ0v) is 15.1. The van der Waals surface area contributed by atoms with Gasteiger partial charge in [-0.15, -0.1) is 0 Å². The minimum absolute atomic E-state index is 0.174. The Labute approximate surface area is 146 Å². The predicted octanol–water partition coefficient (Wildman–Crippen LogP) is 5.38. The fourth-order valence-electron chi connectivity index (χ4n) is 4.47. The van der Waals surface area contributed by atoms with Gasteiger partial charge in [0, 0.05) is 35.7 Å². The topological polar surface area (TPSA) is 21.3 Å². The smallest absolute Gasteiger partial charge is 0.0892 e. The first-order chi connectivity index (χ1) is 11.5. The molecule has 1 aromatic rings. The van der Waals surface area contributed by atoms with E-state index < -0.39 is 0 Å². The van der Waals surface area contributed by atoms with Crippen molar-refractivity contribution in [1.29, 1.82) is 0 Å². The van der Waals surface area contributed by atoms with Gasteiger partial charge in [-0.05, 0) is 36.3 Å². The summed E-state index contributed by atoms with van der Waals surface area (Å²) < 4.78 is 6.31. The second-order valence-electron chi connectivity index (χ2n) is 8.53. The van der Waals surface area contributed by atoms with Crippen LogP contribution in [-0.2, 0) is 10.2 Å². The van der Waals surface area contributed by atoms with Crippen molar-refractivity contribution >= 4 is 5.69 Å². The van der Waals surface area contributed by atoms with E-state index in [4.69, 9.17) is 4.74 Å². The first kappa shape index (κ1) is 16.0. The average molecular weight is 323 g/mol. The highest BCUT2D eigenvalue weighted by molar-refractivity contribution is 5.58. The molecule has 128 valence electrons. The van der Waals surface area contributed by atoms with E-state index in [1.165, 1.54) is 29.7 Å². The molecule has 1 aliphatic carbocycles. The zero-order chi connectivity index (χ0) is 16.7. The molecule has 1 N–H and O–H groups in total. The number of fused-ring (bicyclic) bond motifs is 3. The minimum atomic E-state index is 0.174. The van der Waals surface area contributed by atoms with Gasteiger partial charge in [0.15, 0.2) is 0 Å². The monoisotopic (exact) mass is 323 g/mol. The van der Waals surface area contributed by atoms with Crippen LogP contribution in [0, 0.1) is 11.8 Å². The van der Waals surface area contributed by atoms with Gasteiger partial charge >= 0.3 is 0 Å². The van der Waals surface area contributed by atoms with E-state index in [2.05, 4.69) is 68.6 Å². The molecule has 2 nitrogen and oxygen atoms in total. The Hall–Kier alpha value is -1.54. The summed E-state index contributed by atoms with van der Waals surface area (Å²) >= 11 is 0. The van der Waals surface area contributed by atoms with Crippen molar-refractivity contribution in [3.8, 4) is 0 Å². The lowest BCUT2D eigenvalue weighted by molar-refractivity contribution is -0.0418. The van der Waals surface area contributed by atoms with Crippen molar-refractivity contribution in [2.45, 2.75) is 57.6 Å². The molecular weight excluding hydrogens is 294 g/mol. The molecule has 0 saturated carbocycles. The highest BCUT2D eigenvalue weighted by Gasteiger charge is 2.41. The van der Waals surface area contributed by atoms with Crippen LogP contribution < -0.4 is 5.32 Å². The maximum absolute atomic E-state index is 6.31. The Bertz CT molecular complexity index is 667. The van der Waals surface area contributed by atoms with Crippen molar-refractivity contribution < 1.29 is 4.74 Å². The molecular formula is C22H29NO. The van der Waals surface area contributed by atoms with Gasteiger partial charge in [0.1, 0.15) is 0 Å². The molecule has 0 radical (unpaired) electrons. The first-order valence-electron chi connectivity index (χ1n) is 9.40. The fraction of sp³-hybridized carbons (Fsp3) is 0.545. The molecule has 0 aromatic heterocycles. The maximum atomic E-state index is 6.31. The molecule has 2 heterocycles. The molecule has 0 amide bonds. The van der Waals surface area contributed by atoms with Crippen molar-refractivity contribution in [2.75, 3.05) is 11.9 Å². The summed E-state index contributed by atoms with van der Waals surface area (Å²) in [6.45, 7) is 7.75. The second-order valence-corrected chi connectivity index (χ2v) is 8.53. The number of allylic oxidation sites excluding steroid dienone is 3. The van der Waals surface area contributed by atoms with Crippen LogP contribution in [0.15, 0.2) is 42.5 Å². The third kappa shape index (κ3) is 2.82. The van der Waals surface area contributed by atoms with Gasteiger partial charge in [0.05, 0.1) is 6.10 Å². The number of ether oxygens (including phenoxy) is 1. The standard InChI is InChI=1S/C22H29NO/c1-22(2,3)16-11-12-19-18(14-16)21-17(10-7-13-24-21)20(23-19)15-8-5-4-6-9-15/h4-6,8,11-12,14-15,17,20-21,23H,7,9-10,13H2,1-3H3/t15?,17-,20+,21-/m1/s1. The van der Waals surface area contributed by atoms with Crippen LogP contribution in [0.5, 0.6) is 0 Å². The van der Waals surface area contributed by atoms with Crippen LogP contribution in [0.1, 0.15) is 57.3 Å². The number of rotatable bonds is 1. The van der Waals surface area contributed by atoms with Gasteiger partial charge < -0.3 is 10.1 Å². The Balaban J connectivity index is 1.72. The van der Waals surface area contributed by atoms with Crippen molar-refractivity contribution in [3.63, 3.8) is 0 Å². The number of hydrogen-bond donors (Lipinski definition) is 1. The highest BCUT2D eigenvalue weighted by atomic mass is 16.5. The summed E-state index contributed by atoms with van der Waals surface area (Å²) in [5.74, 6) is 1.14. The summed E-state index contributed by atoms with van der Waals surface area (Å²) in [7, 11) is 0. The average Bonchev–Trinajstić information content (AvgIpc) is 2.60. The Morgan fingerprint density at radius 1 is 1.17 bits per heavy atom. The predicted molar refractivity (Wildman–Crippen MR) is 100 cm³/mol. The number of anilines is 1. The lowest BCUT2D eigenvalue weighted by Gasteiger charge is -2.46. The van der Waals surface area contributed by atoms with Gasteiger partial charge in [0.2, 0.25) is 0 Å². The van der Waals surface area contributed by atoms with E-state index >= 15 is 0 Å². The maximum Gasteiger partial charge on any atom is 0.0892 e. The van der Waals surface area contributed by atoms with Crippen molar-refractivity contribution in [1.82, 2.24) is 0 Å². The summed E-state index contributed by atoms with van der Waals surface area (Å²) in [4.78, 5) is 0. The molecule has 4 atom stereocenters. The lowest BCUT2D eigenvalue weighted by atomic mass is 9.73. The Morgan fingerprint density at radius 2 is 2.04 bits per heavy atom. The largest absolute Gasteiger partial charge is 0.381 e. The van der Waals surface area contributed by atoms with Gasteiger partial charge in [0.25, 0.3) is 0 Å². The zero-order valence-electron chi connectivity index (χ0n) is 15.1. The molecule has 1 fully saturated rings.